The van der Waals surface area contributed by atoms with Crippen molar-refractivity contribution in [1.29, 1.82) is 0 Å². The van der Waals surface area contributed by atoms with Crippen molar-refractivity contribution in [3.63, 3.8) is 0 Å². The minimum absolute atomic E-state index is 0.00927. The number of Topliss-reactive ketones (excluding diaryl/α,β-unsaturated/α-hetero) is 1. The first-order chi connectivity index (χ1) is 14.2. The standard InChI is InChI=1S/C22H23ClFN3O3/c1-13-10-16(14(2)27(13)15-6-7-18(24)17(23)11-15)19(28)12-26-20(29)22(25-21(26)30)8-4-3-5-9-22/h6-7,10-11H,3-5,8-9,12H2,1-2H3,(H,25,30). The number of benzene rings is 1. The van der Waals surface area contributed by atoms with Gasteiger partial charge < -0.3 is 9.88 Å². The van der Waals surface area contributed by atoms with Crippen LogP contribution in [0.25, 0.3) is 5.69 Å². The minimum Gasteiger partial charge on any atom is -0.323 e. The lowest BCUT2D eigenvalue weighted by atomic mass is 9.82. The fraction of sp³-hybridized carbons (Fsp3) is 0.409. The molecule has 2 heterocycles. The number of carbonyl (C=O) groups excluding carboxylic acids is 3. The summed E-state index contributed by atoms with van der Waals surface area (Å²) in [5, 5.41) is 2.82. The van der Waals surface area contributed by atoms with E-state index in [1.54, 1.807) is 23.6 Å². The Morgan fingerprint density at radius 3 is 2.53 bits per heavy atom. The number of ketones is 1. The molecule has 1 aliphatic carbocycles. The first-order valence-electron chi connectivity index (χ1n) is 10.1. The summed E-state index contributed by atoms with van der Waals surface area (Å²) < 4.78 is 15.3. The molecule has 158 valence electrons. The van der Waals surface area contributed by atoms with Crippen LogP contribution in [0.1, 0.15) is 53.8 Å². The van der Waals surface area contributed by atoms with Gasteiger partial charge in [0.2, 0.25) is 0 Å². The Morgan fingerprint density at radius 1 is 1.17 bits per heavy atom. The summed E-state index contributed by atoms with van der Waals surface area (Å²) in [4.78, 5) is 39.5. The highest BCUT2D eigenvalue weighted by Gasteiger charge is 2.51. The molecule has 1 aromatic heterocycles. The first-order valence-corrected chi connectivity index (χ1v) is 10.4. The molecule has 30 heavy (non-hydrogen) atoms. The van der Waals surface area contributed by atoms with Gasteiger partial charge in [0.15, 0.2) is 5.78 Å². The number of rotatable bonds is 4. The maximum atomic E-state index is 13.5. The molecule has 2 aliphatic rings. The molecule has 0 radical (unpaired) electrons. The average Bonchev–Trinajstić information content (AvgIpc) is 3.13. The Balaban J connectivity index is 1.59. The van der Waals surface area contributed by atoms with Crippen molar-refractivity contribution < 1.29 is 18.8 Å². The fourth-order valence-corrected chi connectivity index (χ4v) is 4.78. The topological polar surface area (TPSA) is 71.4 Å². The van der Waals surface area contributed by atoms with Crippen molar-refractivity contribution in [1.82, 2.24) is 14.8 Å². The largest absolute Gasteiger partial charge is 0.325 e. The molecule has 4 rings (SSSR count). The van der Waals surface area contributed by atoms with E-state index in [0.29, 0.717) is 29.8 Å². The number of hydrogen-bond donors (Lipinski definition) is 1. The van der Waals surface area contributed by atoms with Gasteiger partial charge in [-0.25, -0.2) is 9.18 Å². The van der Waals surface area contributed by atoms with Crippen LogP contribution in [0.15, 0.2) is 24.3 Å². The number of aromatic nitrogens is 1. The molecule has 1 N–H and O–H groups in total. The summed E-state index contributed by atoms with van der Waals surface area (Å²) in [5.41, 5.74) is 1.60. The van der Waals surface area contributed by atoms with Gasteiger partial charge in [0, 0.05) is 22.6 Å². The van der Waals surface area contributed by atoms with Gasteiger partial charge in [0.1, 0.15) is 11.4 Å². The normalized spacial score (nSPS) is 18.2. The van der Waals surface area contributed by atoms with Gasteiger partial charge in [-0.2, -0.15) is 0 Å². The molecule has 2 fully saturated rings. The van der Waals surface area contributed by atoms with Gasteiger partial charge in [0.25, 0.3) is 5.91 Å². The second kappa shape index (κ2) is 7.54. The average molecular weight is 432 g/mol. The summed E-state index contributed by atoms with van der Waals surface area (Å²) in [6.45, 7) is 3.29. The van der Waals surface area contributed by atoms with E-state index in [-0.39, 0.29) is 23.3 Å². The highest BCUT2D eigenvalue weighted by molar-refractivity contribution is 6.30. The van der Waals surface area contributed by atoms with Crippen molar-refractivity contribution in [2.75, 3.05) is 6.54 Å². The monoisotopic (exact) mass is 431 g/mol. The van der Waals surface area contributed by atoms with Crippen LogP contribution in [0.5, 0.6) is 0 Å². The molecule has 0 atom stereocenters. The molecule has 1 aliphatic heterocycles. The quantitative estimate of drug-likeness (QED) is 0.578. The molecule has 1 aromatic carbocycles. The number of aryl methyl sites for hydroxylation is 1. The lowest BCUT2D eigenvalue weighted by Crippen LogP contribution is -2.48. The minimum atomic E-state index is -0.850. The summed E-state index contributed by atoms with van der Waals surface area (Å²) in [5.74, 6) is -1.15. The van der Waals surface area contributed by atoms with E-state index in [4.69, 9.17) is 11.6 Å². The van der Waals surface area contributed by atoms with Gasteiger partial charge >= 0.3 is 6.03 Å². The molecule has 1 spiro atoms. The molecule has 0 unspecified atom stereocenters. The van der Waals surface area contributed by atoms with E-state index in [0.717, 1.165) is 29.9 Å². The van der Waals surface area contributed by atoms with E-state index < -0.39 is 17.4 Å². The molecular weight excluding hydrogens is 409 g/mol. The van der Waals surface area contributed by atoms with Crippen LogP contribution in [-0.4, -0.2) is 39.3 Å². The zero-order valence-corrected chi connectivity index (χ0v) is 17.7. The van der Waals surface area contributed by atoms with Crippen LogP contribution in [-0.2, 0) is 4.79 Å². The Morgan fingerprint density at radius 2 is 1.87 bits per heavy atom. The third-order valence-electron chi connectivity index (χ3n) is 6.15. The van der Waals surface area contributed by atoms with Gasteiger partial charge in [0.05, 0.1) is 11.6 Å². The third kappa shape index (κ3) is 3.31. The van der Waals surface area contributed by atoms with E-state index in [9.17, 15) is 18.8 Å². The Hall–Kier alpha value is -2.67. The van der Waals surface area contributed by atoms with E-state index >= 15 is 0 Å². The van der Waals surface area contributed by atoms with E-state index in [2.05, 4.69) is 5.32 Å². The Bertz CT molecular complexity index is 1060. The lowest BCUT2D eigenvalue weighted by molar-refractivity contribution is -0.132. The van der Waals surface area contributed by atoms with Crippen molar-refractivity contribution in [3.05, 3.63) is 52.1 Å². The van der Waals surface area contributed by atoms with Crippen molar-refractivity contribution >= 4 is 29.3 Å². The SMILES string of the molecule is Cc1cc(C(=O)CN2C(=O)NC3(CCCCC3)C2=O)c(C)n1-c1ccc(F)c(Cl)c1. The first kappa shape index (κ1) is 20.6. The van der Waals surface area contributed by atoms with Crippen molar-refractivity contribution in [2.24, 2.45) is 0 Å². The molecule has 8 heteroatoms. The van der Waals surface area contributed by atoms with Crippen LogP contribution in [0.4, 0.5) is 9.18 Å². The van der Waals surface area contributed by atoms with Crippen LogP contribution >= 0.6 is 11.6 Å². The van der Waals surface area contributed by atoms with Crippen LogP contribution in [0.2, 0.25) is 5.02 Å². The molecule has 6 nitrogen and oxygen atoms in total. The predicted molar refractivity (Wildman–Crippen MR) is 111 cm³/mol. The van der Waals surface area contributed by atoms with E-state index in [1.807, 2.05) is 6.92 Å². The summed E-state index contributed by atoms with van der Waals surface area (Å²) >= 11 is 5.91. The van der Waals surface area contributed by atoms with E-state index in [1.165, 1.54) is 12.1 Å². The molecule has 0 bridgehead atoms. The highest BCUT2D eigenvalue weighted by Crippen LogP contribution is 2.34. The molecule has 1 saturated carbocycles. The van der Waals surface area contributed by atoms with Gasteiger partial charge in [-0.1, -0.05) is 30.9 Å². The predicted octanol–water partition coefficient (Wildman–Crippen LogP) is 4.32. The number of halogens is 2. The number of hydrogen-bond acceptors (Lipinski definition) is 3. The Kier molecular flexibility index (Phi) is 5.18. The number of amides is 3. The van der Waals surface area contributed by atoms with Gasteiger partial charge in [-0.05, 0) is 51.0 Å². The highest BCUT2D eigenvalue weighted by atomic mass is 35.5. The molecule has 2 aromatic rings. The second-order valence-electron chi connectivity index (χ2n) is 8.11. The zero-order chi connectivity index (χ0) is 21.6. The number of carbonyl (C=O) groups is 3. The van der Waals surface area contributed by atoms with Crippen LogP contribution < -0.4 is 5.32 Å². The number of urea groups is 1. The van der Waals surface area contributed by atoms with Gasteiger partial charge in [-0.3, -0.25) is 14.5 Å². The van der Waals surface area contributed by atoms with Crippen molar-refractivity contribution in [3.8, 4) is 5.69 Å². The van der Waals surface area contributed by atoms with Crippen LogP contribution in [0.3, 0.4) is 0 Å². The maximum Gasteiger partial charge on any atom is 0.325 e. The maximum absolute atomic E-state index is 13.5. The third-order valence-corrected chi connectivity index (χ3v) is 6.44. The Labute approximate surface area is 179 Å². The number of imide groups is 1. The lowest BCUT2D eigenvalue weighted by Gasteiger charge is -2.30. The smallest absolute Gasteiger partial charge is 0.323 e. The number of nitrogens with zero attached hydrogens (tertiary/aromatic N) is 2. The summed E-state index contributed by atoms with van der Waals surface area (Å²) in [7, 11) is 0. The molecule has 3 amide bonds. The molecule has 1 saturated heterocycles. The number of nitrogens with one attached hydrogen (secondary N) is 1. The van der Waals surface area contributed by atoms with Gasteiger partial charge in [-0.15, -0.1) is 0 Å². The summed E-state index contributed by atoms with van der Waals surface area (Å²) in [6.07, 6.45) is 4.04. The molecular formula is C22H23ClFN3O3. The zero-order valence-electron chi connectivity index (χ0n) is 16.9. The van der Waals surface area contributed by atoms with Crippen LogP contribution in [0, 0.1) is 19.7 Å². The second-order valence-corrected chi connectivity index (χ2v) is 8.51. The fourth-order valence-electron chi connectivity index (χ4n) is 4.61. The summed E-state index contributed by atoms with van der Waals surface area (Å²) in [6, 6.07) is 5.56. The van der Waals surface area contributed by atoms with Crippen molar-refractivity contribution in [2.45, 2.75) is 51.5 Å².